The summed E-state index contributed by atoms with van der Waals surface area (Å²) in [7, 11) is 0. The molecule has 0 saturated carbocycles. The lowest BCUT2D eigenvalue weighted by Gasteiger charge is -2.06. The van der Waals surface area contributed by atoms with Crippen LogP contribution in [-0.4, -0.2) is 14.7 Å². The van der Waals surface area contributed by atoms with Crippen LogP contribution in [0.3, 0.4) is 0 Å². The Balaban J connectivity index is 2.46. The van der Waals surface area contributed by atoms with Crippen LogP contribution in [0.1, 0.15) is 12.6 Å². The first-order valence-corrected chi connectivity index (χ1v) is 6.47. The summed E-state index contributed by atoms with van der Waals surface area (Å²) in [6.07, 6.45) is 0. The van der Waals surface area contributed by atoms with Gasteiger partial charge in [0.25, 0.3) is 5.88 Å². The molecule has 0 atom stereocenters. The van der Waals surface area contributed by atoms with Gasteiger partial charge in [0.1, 0.15) is 11.4 Å². The molecular formula is C12H12BrN3O3. The number of hydrogen-bond donors (Lipinski definition) is 0. The molecule has 0 N–H and O–H groups in total. The van der Waals surface area contributed by atoms with Crippen molar-refractivity contribution in [2.75, 3.05) is 0 Å². The summed E-state index contributed by atoms with van der Waals surface area (Å²) in [6.45, 7) is 3.94. The fourth-order valence-corrected chi connectivity index (χ4v) is 2.10. The van der Waals surface area contributed by atoms with E-state index in [1.54, 1.807) is 25.1 Å². The second kappa shape index (κ2) is 5.40. The summed E-state index contributed by atoms with van der Waals surface area (Å²) in [4.78, 5) is 10.6. The number of nitrogens with zero attached hydrogens (tertiary/aromatic N) is 3. The number of halogens is 1. The zero-order chi connectivity index (χ0) is 14.0. The predicted octanol–water partition coefficient (Wildman–Crippen LogP) is 3.67. The van der Waals surface area contributed by atoms with Gasteiger partial charge in [-0.1, -0.05) is 22.0 Å². The first kappa shape index (κ1) is 13.5. The standard InChI is InChI=1S/C12H12BrN3O3/c1-3-15-12(11(16(17)18)8(2)14-15)19-10-6-4-5-9(13)7-10/h4-7H,3H2,1-2H3. The molecule has 2 rings (SSSR count). The Morgan fingerprint density at radius 3 is 2.84 bits per heavy atom. The molecule has 7 heteroatoms. The molecule has 0 aliphatic rings. The number of aryl methyl sites for hydroxylation is 2. The van der Waals surface area contributed by atoms with Crippen LogP contribution in [0.5, 0.6) is 11.6 Å². The lowest BCUT2D eigenvalue weighted by Crippen LogP contribution is -2.01. The minimum absolute atomic E-state index is 0.0955. The predicted molar refractivity (Wildman–Crippen MR) is 73.5 cm³/mol. The fraction of sp³-hybridized carbons (Fsp3) is 0.250. The van der Waals surface area contributed by atoms with Crippen LogP contribution in [0.15, 0.2) is 28.7 Å². The van der Waals surface area contributed by atoms with E-state index < -0.39 is 4.92 Å². The Kier molecular flexibility index (Phi) is 3.84. The number of ether oxygens (including phenoxy) is 1. The maximum atomic E-state index is 11.1. The summed E-state index contributed by atoms with van der Waals surface area (Å²) in [6, 6.07) is 7.12. The minimum atomic E-state index is -0.470. The summed E-state index contributed by atoms with van der Waals surface area (Å²) in [5.41, 5.74) is 0.249. The van der Waals surface area contributed by atoms with E-state index in [1.165, 1.54) is 4.68 Å². The van der Waals surface area contributed by atoms with Crippen LogP contribution in [-0.2, 0) is 6.54 Å². The molecule has 0 amide bonds. The number of nitro groups is 1. The van der Waals surface area contributed by atoms with Gasteiger partial charge in [0, 0.05) is 11.0 Å². The third-order valence-corrected chi connectivity index (χ3v) is 3.04. The normalized spacial score (nSPS) is 10.5. The van der Waals surface area contributed by atoms with E-state index in [-0.39, 0.29) is 11.6 Å². The minimum Gasteiger partial charge on any atom is -0.434 e. The zero-order valence-corrected chi connectivity index (χ0v) is 12.0. The molecule has 1 heterocycles. The maximum absolute atomic E-state index is 11.1. The molecule has 0 unspecified atom stereocenters. The molecule has 0 aliphatic carbocycles. The fourth-order valence-electron chi connectivity index (χ4n) is 1.72. The second-order valence-electron chi connectivity index (χ2n) is 3.87. The van der Waals surface area contributed by atoms with Crippen molar-refractivity contribution in [2.24, 2.45) is 0 Å². The first-order valence-electron chi connectivity index (χ1n) is 5.68. The SMILES string of the molecule is CCn1nc(C)c([N+](=O)[O-])c1Oc1cccc(Br)c1. The highest BCUT2D eigenvalue weighted by Gasteiger charge is 2.27. The molecule has 100 valence electrons. The van der Waals surface area contributed by atoms with Gasteiger partial charge in [0.05, 0.1) is 4.92 Å². The highest BCUT2D eigenvalue weighted by molar-refractivity contribution is 9.10. The van der Waals surface area contributed by atoms with E-state index in [0.717, 1.165) is 4.47 Å². The quantitative estimate of drug-likeness (QED) is 0.635. The Morgan fingerprint density at radius 1 is 1.53 bits per heavy atom. The Morgan fingerprint density at radius 2 is 2.26 bits per heavy atom. The molecule has 0 spiro atoms. The highest BCUT2D eigenvalue weighted by atomic mass is 79.9. The van der Waals surface area contributed by atoms with Crippen LogP contribution >= 0.6 is 15.9 Å². The van der Waals surface area contributed by atoms with Gasteiger partial charge >= 0.3 is 5.69 Å². The summed E-state index contributed by atoms with van der Waals surface area (Å²) < 4.78 is 7.94. The van der Waals surface area contributed by atoms with Crippen molar-refractivity contribution in [3.63, 3.8) is 0 Å². The summed E-state index contributed by atoms with van der Waals surface area (Å²) >= 11 is 3.33. The molecular weight excluding hydrogens is 314 g/mol. The van der Waals surface area contributed by atoms with Gasteiger partial charge in [0.2, 0.25) is 0 Å². The maximum Gasteiger partial charge on any atom is 0.353 e. The Hall–Kier alpha value is -1.89. The molecule has 6 nitrogen and oxygen atoms in total. The van der Waals surface area contributed by atoms with E-state index in [2.05, 4.69) is 21.0 Å². The van der Waals surface area contributed by atoms with Gasteiger partial charge in [-0.25, -0.2) is 4.68 Å². The number of aromatic nitrogens is 2. The van der Waals surface area contributed by atoms with Gasteiger partial charge in [-0.2, -0.15) is 5.10 Å². The van der Waals surface area contributed by atoms with Crippen LogP contribution in [0.2, 0.25) is 0 Å². The Labute approximate surface area is 118 Å². The zero-order valence-electron chi connectivity index (χ0n) is 10.5. The summed E-state index contributed by atoms with van der Waals surface area (Å²) in [5.74, 6) is 0.676. The van der Waals surface area contributed by atoms with Gasteiger partial charge in [-0.05, 0) is 32.0 Å². The average molecular weight is 326 g/mol. The van der Waals surface area contributed by atoms with Crippen molar-refractivity contribution in [2.45, 2.75) is 20.4 Å². The second-order valence-corrected chi connectivity index (χ2v) is 4.79. The van der Waals surface area contributed by atoms with Gasteiger partial charge in [-0.3, -0.25) is 10.1 Å². The van der Waals surface area contributed by atoms with Crippen LogP contribution in [0, 0.1) is 17.0 Å². The largest absolute Gasteiger partial charge is 0.434 e. The van der Waals surface area contributed by atoms with E-state index >= 15 is 0 Å². The molecule has 0 bridgehead atoms. The topological polar surface area (TPSA) is 70.2 Å². The van der Waals surface area contributed by atoms with Crippen molar-refractivity contribution < 1.29 is 9.66 Å². The highest BCUT2D eigenvalue weighted by Crippen LogP contribution is 2.34. The van der Waals surface area contributed by atoms with E-state index in [9.17, 15) is 10.1 Å². The molecule has 0 radical (unpaired) electrons. The lowest BCUT2D eigenvalue weighted by atomic mass is 10.3. The molecule has 0 fully saturated rings. The van der Waals surface area contributed by atoms with Gasteiger partial charge in [0.15, 0.2) is 0 Å². The van der Waals surface area contributed by atoms with E-state index in [4.69, 9.17) is 4.74 Å². The van der Waals surface area contributed by atoms with E-state index in [0.29, 0.717) is 18.0 Å². The van der Waals surface area contributed by atoms with Crippen LogP contribution in [0.4, 0.5) is 5.69 Å². The molecule has 19 heavy (non-hydrogen) atoms. The number of benzene rings is 1. The average Bonchev–Trinajstić information content (AvgIpc) is 2.65. The third-order valence-electron chi connectivity index (χ3n) is 2.54. The lowest BCUT2D eigenvalue weighted by molar-refractivity contribution is -0.386. The third kappa shape index (κ3) is 2.76. The van der Waals surface area contributed by atoms with Crippen molar-refractivity contribution in [3.8, 4) is 11.6 Å². The van der Waals surface area contributed by atoms with Crippen LogP contribution in [0.25, 0.3) is 0 Å². The summed E-state index contributed by atoms with van der Waals surface area (Å²) in [5, 5.41) is 15.2. The van der Waals surface area contributed by atoms with Crippen molar-refractivity contribution in [1.82, 2.24) is 9.78 Å². The smallest absolute Gasteiger partial charge is 0.353 e. The number of rotatable bonds is 4. The molecule has 2 aromatic rings. The molecule has 1 aromatic carbocycles. The molecule has 0 saturated heterocycles. The molecule has 0 aliphatic heterocycles. The van der Waals surface area contributed by atoms with Gasteiger partial charge < -0.3 is 4.74 Å². The monoisotopic (exact) mass is 325 g/mol. The Bertz CT molecular complexity index is 625. The van der Waals surface area contributed by atoms with Crippen molar-refractivity contribution >= 4 is 21.6 Å². The number of hydrogen-bond acceptors (Lipinski definition) is 4. The van der Waals surface area contributed by atoms with Gasteiger partial charge in [-0.15, -0.1) is 0 Å². The van der Waals surface area contributed by atoms with Crippen molar-refractivity contribution in [1.29, 1.82) is 0 Å². The van der Waals surface area contributed by atoms with E-state index in [1.807, 2.05) is 13.0 Å². The van der Waals surface area contributed by atoms with Crippen molar-refractivity contribution in [3.05, 3.63) is 44.5 Å². The van der Waals surface area contributed by atoms with Crippen LogP contribution < -0.4 is 4.74 Å². The first-order chi connectivity index (χ1) is 9.02. The molecule has 1 aromatic heterocycles.